The molecule has 1 fully saturated rings. The summed E-state index contributed by atoms with van der Waals surface area (Å²) in [5, 5.41) is 0. The minimum Gasteiger partial charge on any atom is -0.373 e. The largest absolute Gasteiger partial charge is 0.373 e. The normalized spacial score (nSPS) is 18.7. The zero-order valence-electron chi connectivity index (χ0n) is 10.4. The molecule has 1 saturated carbocycles. The molecule has 0 amide bonds. The van der Waals surface area contributed by atoms with Crippen LogP contribution < -0.4 is 10.6 Å². The fraction of sp³-hybridized carbons (Fsp3) is 0.571. The van der Waals surface area contributed by atoms with Crippen LogP contribution in [0, 0.1) is 6.92 Å². The van der Waals surface area contributed by atoms with Crippen molar-refractivity contribution in [3.63, 3.8) is 0 Å². The van der Waals surface area contributed by atoms with Gasteiger partial charge in [-0.1, -0.05) is 30.5 Å². The molecule has 0 spiro atoms. The minimum atomic E-state index is 0.0413. The van der Waals surface area contributed by atoms with E-state index in [-0.39, 0.29) is 5.54 Å². The van der Waals surface area contributed by atoms with Gasteiger partial charge in [0.1, 0.15) is 0 Å². The molecule has 16 heavy (non-hydrogen) atoms. The Kier molecular flexibility index (Phi) is 3.20. The van der Waals surface area contributed by atoms with Crippen LogP contribution in [0.5, 0.6) is 0 Å². The SMILES string of the molecule is Cc1ccc(N(C)CC2(N)CCCC2)cc1. The van der Waals surface area contributed by atoms with Crippen molar-refractivity contribution < 1.29 is 0 Å². The summed E-state index contributed by atoms with van der Waals surface area (Å²) in [5.41, 5.74) is 9.00. The Labute approximate surface area is 98.4 Å². The Morgan fingerprint density at radius 3 is 2.31 bits per heavy atom. The van der Waals surface area contributed by atoms with Crippen LogP contribution in [-0.4, -0.2) is 19.1 Å². The van der Waals surface area contributed by atoms with E-state index in [0.29, 0.717) is 0 Å². The van der Waals surface area contributed by atoms with Crippen molar-refractivity contribution in [1.82, 2.24) is 0 Å². The maximum atomic E-state index is 6.39. The van der Waals surface area contributed by atoms with Crippen LogP contribution in [0.4, 0.5) is 5.69 Å². The molecule has 0 aliphatic heterocycles. The maximum Gasteiger partial charge on any atom is 0.0364 e. The lowest BCUT2D eigenvalue weighted by Gasteiger charge is -2.31. The molecule has 0 radical (unpaired) electrons. The molecule has 0 atom stereocenters. The second kappa shape index (κ2) is 4.46. The number of anilines is 1. The van der Waals surface area contributed by atoms with Crippen LogP contribution in [0.2, 0.25) is 0 Å². The quantitative estimate of drug-likeness (QED) is 0.845. The van der Waals surface area contributed by atoms with E-state index in [2.05, 4.69) is 43.1 Å². The lowest BCUT2D eigenvalue weighted by Crippen LogP contribution is -2.47. The summed E-state index contributed by atoms with van der Waals surface area (Å²) >= 11 is 0. The van der Waals surface area contributed by atoms with Crippen molar-refractivity contribution in [2.75, 3.05) is 18.5 Å². The second-order valence-corrected chi connectivity index (χ2v) is 5.26. The van der Waals surface area contributed by atoms with Crippen LogP contribution in [0.15, 0.2) is 24.3 Å². The molecule has 0 heterocycles. The van der Waals surface area contributed by atoms with Crippen molar-refractivity contribution in [1.29, 1.82) is 0 Å². The molecule has 1 aromatic rings. The van der Waals surface area contributed by atoms with Crippen molar-refractivity contribution in [3.05, 3.63) is 29.8 Å². The summed E-state index contributed by atoms with van der Waals surface area (Å²) in [6.45, 7) is 3.08. The molecule has 2 nitrogen and oxygen atoms in total. The van der Waals surface area contributed by atoms with E-state index in [4.69, 9.17) is 5.73 Å². The van der Waals surface area contributed by atoms with Crippen LogP contribution in [0.1, 0.15) is 31.2 Å². The molecule has 2 N–H and O–H groups in total. The number of aryl methyl sites for hydroxylation is 1. The van der Waals surface area contributed by atoms with Gasteiger partial charge in [0, 0.05) is 24.8 Å². The number of nitrogens with zero attached hydrogens (tertiary/aromatic N) is 1. The molecule has 0 unspecified atom stereocenters. The zero-order valence-corrected chi connectivity index (χ0v) is 10.4. The smallest absolute Gasteiger partial charge is 0.0364 e. The van der Waals surface area contributed by atoms with E-state index in [9.17, 15) is 0 Å². The third kappa shape index (κ3) is 2.56. The summed E-state index contributed by atoms with van der Waals surface area (Å²) in [6, 6.07) is 8.66. The van der Waals surface area contributed by atoms with Gasteiger partial charge in [-0.3, -0.25) is 0 Å². The lowest BCUT2D eigenvalue weighted by atomic mass is 9.98. The Morgan fingerprint density at radius 2 is 1.75 bits per heavy atom. The van der Waals surface area contributed by atoms with Gasteiger partial charge in [0.15, 0.2) is 0 Å². The summed E-state index contributed by atoms with van der Waals surface area (Å²) in [7, 11) is 2.14. The first kappa shape index (κ1) is 11.5. The Hall–Kier alpha value is -1.02. The lowest BCUT2D eigenvalue weighted by molar-refractivity contribution is 0.442. The standard InChI is InChI=1S/C14H22N2/c1-12-5-7-13(8-6-12)16(2)11-14(15)9-3-4-10-14/h5-8H,3-4,9-11,15H2,1-2H3. The van der Waals surface area contributed by atoms with Gasteiger partial charge < -0.3 is 10.6 Å². The molecule has 0 saturated heterocycles. The molecule has 1 aliphatic carbocycles. The monoisotopic (exact) mass is 218 g/mol. The van der Waals surface area contributed by atoms with Gasteiger partial charge >= 0.3 is 0 Å². The van der Waals surface area contributed by atoms with Crippen LogP contribution >= 0.6 is 0 Å². The maximum absolute atomic E-state index is 6.39. The van der Waals surface area contributed by atoms with Crippen molar-refractivity contribution in [3.8, 4) is 0 Å². The number of likely N-dealkylation sites (N-methyl/N-ethyl adjacent to an activating group) is 1. The van der Waals surface area contributed by atoms with E-state index in [1.165, 1.54) is 36.9 Å². The highest BCUT2D eigenvalue weighted by atomic mass is 15.1. The van der Waals surface area contributed by atoms with Crippen molar-refractivity contribution in [2.45, 2.75) is 38.1 Å². The van der Waals surface area contributed by atoms with Crippen LogP contribution in [0.25, 0.3) is 0 Å². The van der Waals surface area contributed by atoms with E-state index in [1.54, 1.807) is 0 Å². The molecule has 1 aliphatic rings. The summed E-state index contributed by atoms with van der Waals surface area (Å²) < 4.78 is 0. The molecule has 0 aromatic heterocycles. The first-order valence-electron chi connectivity index (χ1n) is 6.16. The van der Waals surface area contributed by atoms with Gasteiger partial charge in [0.05, 0.1) is 0 Å². The predicted octanol–water partition coefficient (Wildman–Crippen LogP) is 2.70. The van der Waals surface area contributed by atoms with Crippen LogP contribution in [-0.2, 0) is 0 Å². The van der Waals surface area contributed by atoms with E-state index in [1.807, 2.05) is 0 Å². The number of hydrogen-bond acceptors (Lipinski definition) is 2. The fourth-order valence-corrected chi connectivity index (χ4v) is 2.60. The molecule has 2 heteroatoms. The van der Waals surface area contributed by atoms with Crippen molar-refractivity contribution >= 4 is 5.69 Å². The number of nitrogens with two attached hydrogens (primary N) is 1. The van der Waals surface area contributed by atoms with Crippen LogP contribution in [0.3, 0.4) is 0 Å². The molecule has 0 bridgehead atoms. The highest BCUT2D eigenvalue weighted by Crippen LogP contribution is 2.29. The average molecular weight is 218 g/mol. The first-order chi connectivity index (χ1) is 7.59. The number of benzene rings is 1. The van der Waals surface area contributed by atoms with E-state index < -0.39 is 0 Å². The van der Waals surface area contributed by atoms with Gasteiger partial charge in [-0.25, -0.2) is 0 Å². The highest BCUT2D eigenvalue weighted by molar-refractivity contribution is 5.47. The predicted molar refractivity (Wildman–Crippen MR) is 69.8 cm³/mol. The van der Waals surface area contributed by atoms with E-state index in [0.717, 1.165) is 6.54 Å². The summed E-state index contributed by atoms with van der Waals surface area (Å²) in [4.78, 5) is 2.28. The molecule has 88 valence electrons. The third-order valence-corrected chi connectivity index (χ3v) is 3.63. The summed E-state index contributed by atoms with van der Waals surface area (Å²) in [6.07, 6.45) is 4.92. The third-order valence-electron chi connectivity index (χ3n) is 3.63. The average Bonchev–Trinajstić information content (AvgIpc) is 2.65. The minimum absolute atomic E-state index is 0.0413. The summed E-state index contributed by atoms with van der Waals surface area (Å²) in [5.74, 6) is 0. The second-order valence-electron chi connectivity index (χ2n) is 5.26. The van der Waals surface area contributed by atoms with Gasteiger partial charge in [-0.15, -0.1) is 0 Å². The Bertz CT molecular complexity index is 336. The highest BCUT2D eigenvalue weighted by Gasteiger charge is 2.30. The number of hydrogen-bond donors (Lipinski definition) is 1. The van der Waals surface area contributed by atoms with Crippen molar-refractivity contribution in [2.24, 2.45) is 5.73 Å². The zero-order chi connectivity index (χ0) is 11.6. The Morgan fingerprint density at radius 1 is 1.19 bits per heavy atom. The fourth-order valence-electron chi connectivity index (χ4n) is 2.60. The van der Waals surface area contributed by atoms with Gasteiger partial charge in [0.2, 0.25) is 0 Å². The molecule has 1 aromatic carbocycles. The Balaban J connectivity index is 2.02. The first-order valence-corrected chi connectivity index (χ1v) is 6.16. The molecular weight excluding hydrogens is 196 g/mol. The number of rotatable bonds is 3. The topological polar surface area (TPSA) is 29.3 Å². The van der Waals surface area contributed by atoms with Gasteiger partial charge in [-0.2, -0.15) is 0 Å². The van der Waals surface area contributed by atoms with Gasteiger partial charge in [-0.05, 0) is 31.9 Å². The van der Waals surface area contributed by atoms with Gasteiger partial charge in [0.25, 0.3) is 0 Å². The van der Waals surface area contributed by atoms with E-state index >= 15 is 0 Å². The molecular formula is C14H22N2. The molecule has 2 rings (SSSR count).